The topological polar surface area (TPSA) is 83.6 Å². The first-order chi connectivity index (χ1) is 6.07. The lowest BCUT2D eigenvalue weighted by Gasteiger charge is -2.07. The lowest BCUT2D eigenvalue weighted by Crippen LogP contribution is -2.14. The monoisotopic (exact) mass is 187 g/mol. The molecular weight excluding hydrogens is 170 g/mol. The molecule has 0 bridgehead atoms. The van der Waals surface area contributed by atoms with E-state index >= 15 is 0 Å². The molecule has 0 aliphatic heterocycles. The van der Waals surface area contributed by atoms with Gasteiger partial charge in [0.1, 0.15) is 0 Å². The highest BCUT2D eigenvalue weighted by atomic mass is 16.3. The lowest BCUT2D eigenvalue weighted by molar-refractivity contribution is -0.114. The van der Waals surface area contributed by atoms with Crippen molar-refractivity contribution >= 4 is 5.91 Å². The van der Waals surface area contributed by atoms with Crippen LogP contribution in [0.3, 0.4) is 0 Å². The van der Waals surface area contributed by atoms with Gasteiger partial charge in [0.05, 0.1) is 6.10 Å². The highest BCUT2D eigenvalue weighted by Gasteiger charge is 2.05. The maximum absolute atomic E-state index is 10.5. The van der Waals surface area contributed by atoms with Crippen LogP contribution in [-0.4, -0.2) is 28.8 Å². The van der Waals surface area contributed by atoms with Crippen molar-refractivity contribution < 1.29 is 15.0 Å². The largest absolute Gasteiger partial charge is 0.396 e. The third-order valence-electron chi connectivity index (χ3n) is 1.83. The lowest BCUT2D eigenvalue weighted by atomic mass is 10.1. The van der Waals surface area contributed by atoms with Crippen molar-refractivity contribution in [1.29, 1.82) is 0 Å². The number of aliphatic hydroxyl groups is 2. The summed E-state index contributed by atoms with van der Waals surface area (Å²) in [6.45, 7) is 3.48. The molecule has 0 heterocycles. The van der Waals surface area contributed by atoms with Crippen LogP contribution in [0.2, 0.25) is 0 Å². The maximum atomic E-state index is 10.5. The van der Waals surface area contributed by atoms with E-state index in [9.17, 15) is 9.90 Å². The van der Waals surface area contributed by atoms with Gasteiger partial charge < -0.3 is 15.9 Å². The molecule has 4 nitrogen and oxygen atoms in total. The number of hydrogen-bond donors (Lipinski definition) is 3. The Bertz CT molecular complexity index is 180. The molecule has 76 valence electrons. The molecule has 0 fully saturated rings. The zero-order chi connectivity index (χ0) is 10.3. The molecule has 0 aliphatic carbocycles. The standard InChI is InChI=1S/C9H17NO3/c1-7(9(10)13)3-2-4-8(12)5-6-11/h8,11-12H,1-6H2,(H2,10,13). The molecule has 0 spiro atoms. The highest BCUT2D eigenvalue weighted by molar-refractivity contribution is 5.91. The Labute approximate surface area is 78.1 Å². The van der Waals surface area contributed by atoms with Gasteiger partial charge in [-0.25, -0.2) is 0 Å². The second-order valence-corrected chi connectivity index (χ2v) is 3.03. The Kier molecular flexibility index (Phi) is 6.18. The van der Waals surface area contributed by atoms with Gasteiger partial charge >= 0.3 is 0 Å². The van der Waals surface area contributed by atoms with Crippen LogP contribution in [0.25, 0.3) is 0 Å². The van der Waals surface area contributed by atoms with E-state index in [1.807, 2.05) is 0 Å². The van der Waals surface area contributed by atoms with E-state index in [-0.39, 0.29) is 6.61 Å². The average Bonchev–Trinajstić information content (AvgIpc) is 2.04. The predicted molar refractivity (Wildman–Crippen MR) is 49.9 cm³/mol. The second-order valence-electron chi connectivity index (χ2n) is 3.03. The number of carbonyl (C=O) groups is 1. The van der Waals surface area contributed by atoms with Gasteiger partial charge in [-0.15, -0.1) is 0 Å². The maximum Gasteiger partial charge on any atom is 0.244 e. The van der Waals surface area contributed by atoms with Crippen LogP contribution in [0.1, 0.15) is 25.7 Å². The fourth-order valence-corrected chi connectivity index (χ4v) is 0.968. The zero-order valence-electron chi connectivity index (χ0n) is 7.70. The molecule has 0 aromatic carbocycles. The van der Waals surface area contributed by atoms with Gasteiger partial charge in [-0.2, -0.15) is 0 Å². The number of hydrogen-bond acceptors (Lipinski definition) is 3. The van der Waals surface area contributed by atoms with Gasteiger partial charge in [-0.1, -0.05) is 6.58 Å². The SMILES string of the molecule is C=C(CCCC(O)CCO)C(N)=O. The van der Waals surface area contributed by atoms with Crippen molar-refractivity contribution in [3.63, 3.8) is 0 Å². The van der Waals surface area contributed by atoms with Crippen molar-refractivity contribution in [1.82, 2.24) is 0 Å². The van der Waals surface area contributed by atoms with Crippen LogP contribution < -0.4 is 5.73 Å². The number of carbonyl (C=O) groups excluding carboxylic acids is 1. The summed E-state index contributed by atoms with van der Waals surface area (Å²) in [5.74, 6) is -0.489. The minimum Gasteiger partial charge on any atom is -0.396 e. The van der Waals surface area contributed by atoms with Gasteiger partial charge in [0.25, 0.3) is 0 Å². The van der Waals surface area contributed by atoms with Crippen LogP contribution in [0.15, 0.2) is 12.2 Å². The van der Waals surface area contributed by atoms with Gasteiger partial charge in [-0.3, -0.25) is 4.79 Å². The van der Waals surface area contributed by atoms with E-state index in [2.05, 4.69) is 6.58 Å². The fraction of sp³-hybridized carbons (Fsp3) is 0.667. The Morgan fingerprint density at radius 2 is 2.08 bits per heavy atom. The van der Waals surface area contributed by atoms with Gasteiger partial charge in [0, 0.05) is 12.2 Å². The van der Waals surface area contributed by atoms with E-state index < -0.39 is 12.0 Å². The van der Waals surface area contributed by atoms with E-state index in [4.69, 9.17) is 10.8 Å². The molecule has 1 atom stereocenters. The van der Waals surface area contributed by atoms with Crippen molar-refractivity contribution in [2.45, 2.75) is 31.8 Å². The van der Waals surface area contributed by atoms with Crippen LogP contribution in [-0.2, 0) is 4.79 Å². The Hall–Kier alpha value is -0.870. The summed E-state index contributed by atoms with van der Waals surface area (Å²) in [5, 5.41) is 17.7. The van der Waals surface area contributed by atoms with Crippen molar-refractivity contribution in [3.8, 4) is 0 Å². The summed E-state index contributed by atoms with van der Waals surface area (Å²) in [7, 11) is 0. The van der Waals surface area contributed by atoms with Crippen LogP contribution >= 0.6 is 0 Å². The third kappa shape index (κ3) is 6.31. The molecule has 0 aliphatic rings. The summed E-state index contributed by atoms with van der Waals surface area (Å²) < 4.78 is 0. The molecule has 0 saturated carbocycles. The molecule has 0 aromatic rings. The Morgan fingerprint density at radius 3 is 2.54 bits per heavy atom. The van der Waals surface area contributed by atoms with Crippen molar-refractivity contribution in [2.24, 2.45) is 5.73 Å². The summed E-state index contributed by atoms with van der Waals surface area (Å²) >= 11 is 0. The van der Waals surface area contributed by atoms with Crippen LogP contribution in [0, 0.1) is 0 Å². The number of amides is 1. The van der Waals surface area contributed by atoms with Gasteiger partial charge in [-0.05, 0) is 25.7 Å². The molecule has 4 N–H and O–H groups in total. The molecule has 13 heavy (non-hydrogen) atoms. The normalized spacial score (nSPS) is 12.5. The minimum absolute atomic E-state index is 0.0159. The molecule has 0 aromatic heterocycles. The number of primary amides is 1. The fourth-order valence-electron chi connectivity index (χ4n) is 0.968. The first-order valence-electron chi connectivity index (χ1n) is 4.34. The van der Waals surface area contributed by atoms with Crippen LogP contribution in [0.4, 0.5) is 0 Å². The first-order valence-corrected chi connectivity index (χ1v) is 4.34. The van der Waals surface area contributed by atoms with E-state index in [0.29, 0.717) is 31.3 Å². The molecule has 0 radical (unpaired) electrons. The number of rotatable bonds is 7. The van der Waals surface area contributed by atoms with E-state index in [1.54, 1.807) is 0 Å². The minimum atomic E-state index is -0.495. The highest BCUT2D eigenvalue weighted by Crippen LogP contribution is 2.08. The van der Waals surface area contributed by atoms with Crippen LogP contribution in [0.5, 0.6) is 0 Å². The zero-order valence-corrected chi connectivity index (χ0v) is 7.70. The van der Waals surface area contributed by atoms with Gasteiger partial charge in [0.2, 0.25) is 5.91 Å². The summed E-state index contributed by atoms with van der Waals surface area (Å²) in [6.07, 6.45) is 1.63. The molecule has 1 unspecified atom stereocenters. The Morgan fingerprint density at radius 1 is 1.46 bits per heavy atom. The van der Waals surface area contributed by atoms with Crippen molar-refractivity contribution in [2.75, 3.05) is 6.61 Å². The summed E-state index contributed by atoms with van der Waals surface area (Å²) in [6, 6.07) is 0. The van der Waals surface area contributed by atoms with E-state index in [1.165, 1.54) is 0 Å². The number of aliphatic hydroxyl groups excluding tert-OH is 2. The third-order valence-corrected chi connectivity index (χ3v) is 1.83. The molecule has 1 amide bonds. The van der Waals surface area contributed by atoms with Crippen molar-refractivity contribution in [3.05, 3.63) is 12.2 Å². The smallest absolute Gasteiger partial charge is 0.244 e. The quantitative estimate of drug-likeness (QED) is 0.488. The summed E-state index contributed by atoms with van der Waals surface area (Å²) in [4.78, 5) is 10.5. The van der Waals surface area contributed by atoms with Gasteiger partial charge in [0.15, 0.2) is 0 Å². The number of nitrogens with two attached hydrogens (primary N) is 1. The first kappa shape index (κ1) is 12.1. The summed E-state index contributed by atoms with van der Waals surface area (Å²) in [5.41, 5.74) is 5.36. The molecule has 0 rings (SSSR count). The second kappa shape index (κ2) is 6.62. The predicted octanol–water partition coefficient (Wildman–Crippen LogP) is -0.0585. The Balaban J connectivity index is 3.44. The molecule has 4 heteroatoms. The van der Waals surface area contributed by atoms with E-state index in [0.717, 1.165) is 0 Å². The molecular formula is C9H17NO3. The average molecular weight is 187 g/mol. The molecule has 0 saturated heterocycles.